The fraction of sp³-hybridized carbons (Fsp3) is 0.692. The van der Waals surface area contributed by atoms with E-state index in [-0.39, 0.29) is 5.56 Å². The fourth-order valence-corrected chi connectivity index (χ4v) is 2.83. The Labute approximate surface area is 113 Å². The number of aromatic nitrogens is 2. The van der Waals surface area contributed by atoms with E-state index in [1.807, 2.05) is 6.92 Å². The molecule has 0 aliphatic heterocycles. The van der Waals surface area contributed by atoms with Crippen molar-refractivity contribution in [2.24, 2.45) is 0 Å². The van der Waals surface area contributed by atoms with Gasteiger partial charge in [0.2, 0.25) is 0 Å². The first-order valence-electron chi connectivity index (χ1n) is 6.66. The van der Waals surface area contributed by atoms with Gasteiger partial charge in [0.15, 0.2) is 5.82 Å². The van der Waals surface area contributed by atoms with Crippen molar-refractivity contribution < 1.29 is 0 Å². The third-order valence-electron chi connectivity index (χ3n) is 3.60. The molecule has 0 radical (unpaired) electrons. The zero-order chi connectivity index (χ0) is 13.0. The summed E-state index contributed by atoms with van der Waals surface area (Å²) < 4.78 is 1.69. The van der Waals surface area contributed by atoms with Crippen LogP contribution in [0.15, 0.2) is 17.2 Å². The Bertz CT molecular complexity index is 440. The predicted octanol–water partition coefficient (Wildman–Crippen LogP) is 2.25. The van der Waals surface area contributed by atoms with E-state index in [9.17, 15) is 4.79 Å². The van der Waals surface area contributed by atoms with E-state index in [0.29, 0.717) is 30.8 Å². The maximum atomic E-state index is 12.3. The number of hydrogen-bond acceptors (Lipinski definition) is 3. The van der Waals surface area contributed by atoms with Crippen LogP contribution in [0.5, 0.6) is 0 Å². The quantitative estimate of drug-likeness (QED) is 0.770. The number of rotatable bonds is 5. The largest absolute Gasteiger partial charge is 0.348 e. The summed E-state index contributed by atoms with van der Waals surface area (Å²) in [4.78, 5) is 18.7. The van der Waals surface area contributed by atoms with Crippen LogP contribution in [-0.2, 0) is 6.54 Å². The summed E-state index contributed by atoms with van der Waals surface area (Å²) in [5, 5.41) is 0. The van der Waals surface area contributed by atoms with Crippen LogP contribution < -0.4 is 10.5 Å². The van der Waals surface area contributed by atoms with Crippen molar-refractivity contribution in [3.63, 3.8) is 0 Å². The van der Waals surface area contributed by atoms with Crippen molar-refractivity contribution in [2.75, 3.05) is 17.3 Å². The lowest BCUT2D eigenvalue weighted by molar-refractivity contribution is 0.601. The smallest absolute Gasteiger partial charge is 0.293 e. The number of halogens is 1. The molecule has 1 fully saturated rings. The van der Waals surface area contributed by atoms with Crippen LogP contribution in [-0.4, -0.2) is 28.0 Å². The maximum absolute atomic E-state index is 12.3. The first-order chi connectivity index (χ1) is 8.77. The molecule has 0 spiro atoms. The fourth-order valence-electron chi connectivity index (χ4n) is 2.65. The summed E-state index contributed by atoms with van der Waals surface area (Å²) in [6, 6.07) is 0.427. The van der Waals surface area contributed by atoms with E-state index in [2.05, 4.69) is 9.88 Å². The summed E-state index contributed by atoms with van der Waals surface area (Å²) >= 11 is 5.87. The molecule has 4 nitrogen and oxygen atoms in total. The summed E-state index contributed by atoms with van der Waals surface area (Å²) in [5.74, 6) is 1.09. The van der Waals surface area contributed by atoms with Gasteiger partial charge in [0.1, 0.15) is 0 Å². The van der Waals surface area contributed by atoms with Crippen molar-refractivity contribution in [1.29, 1.82) is 0 Å². The molecular formula is C13H20ClN3O. The van der Waals surface area contributed by atoms with Crippen molar-refractivity contribution in [2.45, 2.75) is 45.2 Å². The Morgan fingerprint density at radius 3 is 2.83 bits per heavy atom. The zero-order valence-corrected chi connectivity index (χ0v) is 11.6. The Morgan fingerprint density at radius 1 is 1.50 bits per heavy atom. The Balaban J connectivity index is 2.32. The SMILES string of the molecule is CCn1ccnc(N(CCCl)C2CCCC2)c1=O. The van der Waals surface area contributed by atoms with Gasteiger partial charge in [-0.25, -0.2) is 4.98 Å². The van der Waals surface area contributed by atoms with Gasteiger partial charge in [-0.1, -0.05) is 12.8 Å². The molecule has 1 aromatic heterocycles. The highest BCUT2D eigenvalue weighted by molar-refractivity contribution is 6.18. The molecule has 100 valence electrons. The van der Waals surface area contributed by atoms with Gasteiger partial charge in [-0.15, -0.1) is 11.6 Å². The van der Waals surface area contributed by atoms with Crippen molar-refractivity contribution >= 4 is 17.4 Å². The van der Waals surface area contributed by atoms with Crippen molar-refractivity contribution in [1.82, 2.24) is 9.55 Å². The van der Waals surface area contributed by atoms with E-state index < -0.39 is 0 Å². The molecular weight excluding hydrogens is 250 g/mol. The molecule has 18 heavy (non-hydrogen) atoms. The van der Waals surface area contributed by atoms with Crippen LogP contribution in [0.3, 0.4) is 0 Å². The number of hydrogen-bond donors (Lipinski definition) is 0. The van der Waals surface area contributed by atoms with E-state index in [4.69, 9.17) is 11.6 Å². The van der Waals surface area contributed by atoms with Crippen LogP contribution in [0.2, 0.25) is 0 Å². The summed E-state index contributed by atoms with van der Waals surface area (Å²) in [6.07, 6.45) is 8.18. The second-order valence-electron chi connectivity index (χ2n) is 4.66. The van der Waals surface area contributed by atoms with E-state index in [1.165, 1.54) is 12.8 Å². The number of anilines is 1. The summed E-state index contributed by atoms with van der Waals surface area (Å²) in [6.45, 7) is 3.34. The summed E-state index contributed by atoms with van der Waals surface area (Å²) in [7, 11) is 0. The lowest BCUT2D eigenvalue weighted by Gasteiger charge is -2.28. The first kappa shape index (κ1) is 13.4. The molecule has 1 aliphatic carbocycles. The lowest BCUT2D eigenvalue weighted by atomic mass is 10.2. The number of nitrogens with zero attached hydrogens (tertiary/aromatic N) is 3. The third kappa shape index (κ3) is 2.69. The van der Waals surface area contributed by atoms with E-state index in [1.54, 1.807) is 17.0 Å². The number of aryl methyl sites for hydroxylation is 1. The van der Waals surface area contributed by atoms with Gasteiger partial charge in [-0.2, -0.15) is 0 Å². The van der Waals surface area contributed by atoms with Crippen LogP contribution in [0.1, 0.15) is 32.6 Å². The number of alkyl halides is 1. The van der Waals surface area contributed by atoms with Gasteiger partial charge in [0.05, 0.1) is 0 Å². The highest BCUT2D eigenvalue weighted by Crippen LogP contribution is 2.25. The molecule has 0 aromatic carbocycles. The lowest BCUT2D eigenvalue weighted by Crippen LogP contribution is -2.40. The zero-order valence-electron chi connectivity index (χ0n) is 10.8. The minimum absolute atomic E-state index is 0.00276. The molecule has 0 amide bonds. The monoisotopic (exact) mass is 269 g/mol. The summed E-state index contributed by atoms with van der Waals surface area (Å²) in [5.41, 5.74) is -0.00276. The molecule has 1 heterocycles. The molecule has 1 aliphatic rings. The van der Waals surface area contributed by atoms with Crippen LogP contribution in [0.25, 0.3) is 0 Å². The molecule has 0 saturated heterocycles. The minimum Gasteiger partial charge on any atom is -0.348 e. The Kier molecular flexibility index (Phi) is 4.64. The Hall–Kier alpha value is -1.03. The van der Waals surface area contributed by atoms with Gasteiger partial charge in [-0.3, -0.25) is 4.79 Å². The first-order valence-corrected chi connectivity index (χ1v) is 7.19. The highest BCUT2D eigenvalue weighted by Gasteiger charge is 2.25. The molecule has 1 aromatic rings. The minimum atomic E-state index is -0.00276. The predicted molar refractivity (Wildman–Crippen MR) is 74.5 cm³/mol. The van der Waals surface area contributed by atoms with Gasteiger partial charge >= 0.3 is 0 Å². The average molecular weight is 270 g/mol. The second kappa shape index (κ2) is 6.23. The second-order valence-corrected chi connectivity index (χ2v) is 5.04. The van der Waals surface area contributed by atoms with Gasteiger partial charge in [0, 0.05) is 37.4 Å². The highest BCUT2D eigenvalue weighted by atomic mass is 35.5. The topological polar surface area (TPSA) is 38.1 Å². The van der Waals surface area contributed by atoms with Crippen molar-refractivity contribution in [3.8, 4) is 0 Å². The molecule has 0 unspecified atom stereocenters. The van der Waals surface area contributed by atoms with Gasteiger partial charge < -0.3 is 9.47 Å². The normalized spacial score (nSPS) is 16.1. The van der Waals surface area contributed by atoms with E-state index in [0.717, 1.165) is 12.8 Å². The van der Waals surface area contributed by atoms with Gasteiger partial charge in [-0.05, 0) is 19.8 Å². The molecule has 5 heteroatoms. The molecule has 0 N–H and O–H groups in total. The molecule has 0 bridgehead atoms. The molecule has 0 atom stereocenters. The van der Waals surface area contributed by atoms with Gasteiger partial charge in [0.25, 0.3) is 5.56 Å². The van der Waals surface area contributed by atoms with Crippen LogP contribution in [0.4, 0.5) is 5.82 Å². The molecule has 1 saturated carbocycles. The average Bonchev–Trinajstić information content (AvgIpc) is 2.90. The third-order valence-corrected chi connectivity index (χ3v) is 3.77. The standard InChI is InChI=1S/C13H20ClN3O/c1-2-16-10-8-15-12(13(16)18)17(9-7-14)11-5-3-4-6-11/h8,10-11H,2-7,9H2,1H3. The molecule has 2 rings (SSSR count). The Morgan fingerprint density at radius 2 is 2.22 bits per heavy atom. The maximum Gasteiger partial charge on any atom is 0.293 e. The van der Waals surface area contributed by atoms with Crippen LogP contribution in [0, 0.1) is 0 Å². The van der Waals surface area contributed by atoms with Crippen LogP contribution >= 0.6 is 11.6 Å². The van der Waals surface area contributed by atoms with E-state index >= 15 is 0 Å². The van der Waals surface area contributed by atoms with Crippen molar-refractivity contribution in [3.05, 3.63) is 22.7 Å².